The standard InChI is InChI=1S/C13H18Cl2N4/c1-9(2)10-6-11-12(16-4-5-19(11)18-10)17-13(3,7-14)8-15/h4-6,9H,7-8H2,1-3H3,(H,16,17). The molecular formula is C13H18Cl2N4. The van der Waals surface area contributed by atoms with Crippen molar-refractivity contribution in [3.63, 3.8) is 0 Å². The molecule has 1 N–H and O–H groups in total. The number of anilines is 1. The molecule has 2 aromatic rings. The molecule has 0 unspecified atom stereocenters. The fourth-order valence-electron chi connectivity index (χ4n) is 1.71. The van der Waals surface area contributed by atoms with E-state index in [0.717, 1.165) is 17.0 Å². The number of nitrogens with one attached hydrogen (secondary N) is 1. The second-order valence-corrected chi connectivity index (χ2v) is 5.82. The molecule has 2 aromatic heterocycles. The van der Waals surface area contributed by atoms with Crippen LogP contribution in [0.15, 0.2) is 18.5 Å². The lowest BCUT2D eigenvalue weighted by atomic mass is 10.1. The number of nitrogens with zero attached hydrogens (tertiary/aromatic N) is 3. The van der Waals surface area contributed by atoms with Crippen LogP contribution in [0.3, 0.4) is 0 Å². The Labute approximate surface area is 123 Å². The maximum absolute atomic E-state index is 5.97. The summed E-state index contributed by atoms with van der Waals surface area (Å²) in [6.07, 6.45) is 3.56. The van der Waals surface area contributed by atoms with Crippen molar-refractivity contribution in [3.05, 3.63) is 24.2 Å². The molecule has 4 nitrogen and oxygen atoms in total. The number of hydrogen-bond acceptors (Lipinski definition) is 3. The average molecular weight is 301 g/mol. The first-order chi connectivity index (χ1) is 8.99. The van der Waals surface area contributed by atoms with E-state index in [1.54, 1.807) is 6.20 Å². The van der Waals surface area contributed by atoms with Crippen molar-refractivity contribution in [1.82, 2.24) is 14.6 Å². The summed E-state index contributed by atoms with van der Waals surface area (Å²) in [6.45, 7) is 6.20. The molecule has 104 valence electrons. The van der Waals surface area contributed by atoms with Gasteiger partial charge in [-0.25, -0.2) is 9.50 Å². The Morgan fingerprint density at radius 3 is 2.63 bits per heavy atom. The summed E-state index contributed by atoms with van der Waals surface area (Å²) >= 11 is 11.9. The monoisotopic (exact) mass is 300 g/mol. The number of aromatic nitrogens is 3. The Morgan fingerprint density at radius 1 is 1.37 bits per heavy atom. The largest absolute Gasteiger partial charge is 0.361 e. The predicted molar refractivity (Wildman–Crippen MR) is 80.5 cm³/mol. The Hall–Kier alpha value is -1.00. The van der Waals surface area contributed by atoms with Crippen LogP contribution in [0, 0.1) is 0 Å². The zero-order valence-electron chi connectivity index (χ0n) is 11.3. The minimum absolute atomic E-state index is 0.375. The van der Waals surface area contributed by atoms with Crippen molar-refractivity contribution in [1.29, 1.82) is 0 Å². The number of fused-ring (bicyclic) bond motifs is 1. The Morgan fingerprint density at radius 2 is 2.05 bits per heavy atom. The van der Waals surface area contributed by atoms with Crippen LogP contribution in [-0.4, -0.2) is 31.9 Å². The second kappa shape index (κ2) is 5.55. The van der Waals surface area contributed by atoms with E-state index in [4.69, 9.17) is 23.2 Å². The molecule has 0 spiro atoms. The molecule has 0 saturated carbocycles. The molecule has 2 heterocycles. The van der Waals surface area contributed by atoms with E-state index in [-0.39, 0.29) is 5.54 Å². The van der Waals surface area contributed by atoms with Gasteiger partial charge in [0.1, 0.15) is 5.52 Å². The number of alkyl halides is 2. The number of halogens is 2. The zero-order valence-corrected chi connectivity index (χ0v) is 12.8. The van der Waals surface area contributed by atoms with Crippen LogP contribution in [0.4, 0.5) is 5.82 Å². The molecule has 0 aromatic carbocycles. The van der Waals surface area contributed by atoms with E-state index in [2.05, 4.69) is 29.2 Å². The first-order valence-electron chi connectivity index (χ1n) is 6.23. The van der Waals surface area contributed by atoms with Crippen molar-refractivity contribution < 1.29 is 0 Å². The summed E-state index contributed by atoms with van der Waals surface area (Å²) in [5.41, 5.74) is 1.59. The van der Waals surface area contributed by atoms with E-state index >= 15 is 0 Å². The van der Waals surface area contributed by atoms with Crippen molar-refractivity contribution >= 4 is 34.5 Å². The van der Waals surface area contributed by atoms with Gasteiger partial charge in [0.2, 0.25) is 0 Å². The van der Waals surface area contributed by atoms with Gasteiger partial charge < -0.3 is 5.32 Å². The topological polar surface area (TPSA) is 42.2 Å². The van der Waals surface area contributed by atoms with Crippen LogP contribution < -0.4 is 5.32 Å². The predicted octanol–water partition coefficient (Wildman–Crippen LogP) is 3.50. The summed E-state index contributed by atoms with van der Waals surface area (Å²) in [7, 11) is 0. The van der Waals surface area contributed by atoms with Gasteiger partial charge in [0.15, 0.2) is 5.82 Å². The minimum atomic E-state index is -0.389. The number of rotatable bonds is 5. The molecule has 0 aliphatic heterocycles. The van der Waals surface area contributed by atoms with Crippen LogP contribution in [0.5, 0.6) is 0 Å². The lowest BCUT2D eigenvalue weighted by molar-refractivity contribution is 0.645. The highest BCUT2D eigenvalue weighted by Gasteiger charge is 2.23. The van der Waals surface area contributed by atoms with Gasteiger partial charge in [0, 0.05) is 24.2 Å². The summed E-state index contributed by atoms with van der Waals surface area (Å²) in [4.78, 5) is 4.37. The zero-order chi connectivity index (χ0) is 14.0. The first kappa shape index (κ1) is 14.4. The molecule has 0 saturated heterocycles. The van der Waals surface area contributed by atoms with Crippen molar-refractivity contribution in [2.75, 3.05) is 17.1 Å². The molecule has 0 aliphatic carbocycles. The summed E-state index contributed by atoms with van der Waals surface area (Å²) in [6, 6.07) is 2.04. The Bertz CT molecular complexity index is 561. The van der Waals surface area contributed by atoms with Gasteiger partial charge in [0.05, 0.1) is 11.2 Å². The molecular weight excluding hydrogens is 283 g/mol. The van der Waals surface area contributed by atoms with Crippen molar-refractivity contribution in [3.8, 4) is 0 Å². The summed E-state index contributed by atoms with van der Waals surface area (Å²) in [5, 5.41) is 7.84. The minimum Gasteiger partial charge on any atom is -0.361 e. The van der Waals surface area contributed by atoms with Gasteiger partial charge in [0.25, 0.3) is 0 Å². The van der Waals surface area contributed by atoms with Crippen molar-refractivity contribution in [2.24, 2.45) is 0 Å². The molecule has 6 heteroatoms. The van der Waals surface area contributed by atoms with Crippen LogP contribution in [0.1, 0.15) is 32.4 Å². The van der Waals surface area contributed by atoms with E-state index < -0.39 is 0 Å². The lowest BCUT2D eigenvalue weighted by Crippen LogP contribution is -2.39. The molecule has 0 atom stereocenters. The highest BCUT2D eigenvalue weighted by Crippen LogP contribution is 2.23. The van der Waals surface area contributed by atoms with E-state index in [9.17, 15) is 0 Å². The first-order valence-corrected chi connectivity index (χ1v) is 7.30. The van der Waals surface area contributed by atoms with Gasteiger partial charge in [-0.1, -0.05) is 13.8 Å². The number of hydrogen-bond donors (Lipinski definition) is 1. The normalized spacial score (nSPS) is 12.3. The third-order valence-corrected chi connectivity index (χ3v) is 4.19. The van der Waals surface area contributed by atoms with E-state index in [1.165, 1.54) is 0 Å². The van der Waals surface area contributed by atoms with Crippen LogP contribution in [0.2, 0.25) is 0 Å². The maximum Gasteiger partial charge on any atom is 0.152 e. The van der Waals surface area contributed by atoms with E-state index in [1.807, 2.05) is 23.7 Å². The fourth-order valence-corrected chi connectivity index (χ4v) is 2.13. The fraction of sp³-hybridized carbons (Fsp3) is 0.538. The quantitative estimate of drug-likeness (QED) is 0.859. The third-order valence-electron chi connectivity index (χ3n) is 3.01. The molecule has 0 fully saturated rings. The molecule has 0 radical (unpaired) electrons. The molecule has 0 bridgehead atoms. The summed E-state index contributed by atoms with van der Waals surface area (Å²) < 4.78 is 1.83. The SMILES string of the molecule is CC(C)c1cc2c(NC(C)(CCl)CCl)nccn2n1. The van der Waals surface area contributed by atoms with Crippen LogP contribution in [0.25, 0.3) is 5.52 Å². The maximum atomic E-state index is 5.97. The van der Waals surface area contributed by atoms with Crippen LogP contribution in [-0.2, 0) is 0 Å². The molecule has 2 rings (SSSR count). The Kier molecular flexibility index (Phi) is 4.21. The smallest absolute Gasteiger partial charge is 0.152 e. The van der Waals surface area contributed by atoms with Gasteiger partial charge in [-0.3, -0.25) is 0 Å². The van der Waals surface area contributed by atoms with Gasteiger partial charge in [-0.2, -0.15) is 5.10 Å². The highest BCUT2D eigenvalue weighted by molar-refractivity contribution is 6.22. The molecule has 19 heavy (non-hydrogen) atoms. The molecule has 0 aliphatic rings. The van der Waals surface area contributed by atoms with E-state index in [0.29, 0.717) is 17.7 Å². The summed E-state index contributed by atoms with van der Waals surface area (Å²) in [5.74, 6) is 1.94. The molecule has 0 amide bonds. The average Bonchev–Trinajstić information content (AvgIpc) is 2.84. The van der Waals surface area contributed by atoms with Crippen molar-refractivity contribution in [2.45, 2.75) is 32.2 Å². The van der Waals surface area contributed by atoms with Gasteiger partial charge >= 0.3 is 0 Å². The lowest BCUT2D eigenvalue weighted by Gasteiger charge is -2.26. The van der Waals surface area contributed by atoms with Gasteiger partial charge in [-0.15, -0.1) is 23.2 Å². The highest BCUT2D eigenvalue weighted by atomic mass is 35.5. The second-order valence-electron chi connectivity index (χ2n) is 5.28. The third kappa shape index (κ3) is 2.95. The Balaban J connectivity index is 2.43. The van der Waals surface area contributed by atoms with Crippen LogP contribution >= 0.6 is 23.2 Å². The van der Waals surface area contributed by atoms with Gasteiger partial charge in [-0.05, 0) is 18.9 Å².